The van der Waals surface area contributed by atoms with E-state index in [1.807, 2.05) is 0 Å². The summed E-state index contributed by atoms with van der Waals surface area (Å²) in [4.78, 5) is 6.46. The van der Waals surface area contributed by atoms with Crippen LogP contribution in [0.4, 0.5) is 0 Å². The van der Waals surface area contributed by atoms with E-state index in [9.17, 15) is 0 Å². The molecule has 0 aromatic heterocycles. The van der Waals surface area contributed by atoms with E-state index in [4.69, 9.17) is 10.5 Å². The zero-order chi connectivity index (χ0) is 10.8. The lowest BCUT2D eigenvalue weighted by Crippen LogP contribution is -2.53. The third-order valence-electron chi connectivity index (χ3n) is 3.22. The number of ether oxygens (including phenoxy) is 1. The van der Waals surface area contributed by atoms with E-state index in [0.29, 0.717) is 18.5 Å². The van der Waals surface area contributed by atoms with Gasteiger partial charge in [0.1, 0.15) is 0 Å². The monoisotopic (exact) mass is 199 g/mol. The van der Waals surface area contributed by atoms with Gasteiger partial charge in [-0.25, -0.2) is 0 Å². The molecule has 4 heteroatoms. The van der Waals surface area contributed by atoms with Crippen molar-refractivity contribution in [1.82, 2.24) is 4.90 Å². The highest BCUT2D eigenvalue weighted by Crippen LogP contribution is 2.28. The summed E-state index contributed by atoms with van der Waals surface area (Å²) in [7, 11) is 1.70. The first-order valence-electron chi connectivity index (χ1n) is 5.09. The van der Waals surface area contributed by atoms with Crippen LogP contribution in [0.5, 0.6) is 0 Å². The van der Waals surface area contributed by atoms with E-state index in [-0.39, 0.29) is 5.54 Å². The van der Waals surface area contributed by atoms with E-state index in [1.54, 1.807) is 7.11 Å². The van der Waals surface area contributed by atoms with Gasteiger partial charge in [-0.3, -0.25) is 4.99 Å². The van der Waals surface area contributed by atoms with Crippen molar-refractivity contribution in [2.75, 3.05) is 26.8 Å². The van der Waals surface area contributed by atoms with Crippen molar-refractivity contribution >= 4 is 5.96 Å². The highest BCUT2D eigenvalue weighted by molar-refractivity contribution is 5.81. The lowest BCUT2D eigenvalue weighted by molar-refractivity contribution is 0.110. The van der Waals surface area contributed by atoms with Crippen LogP contribution in [-0.2, 0) is 4.74 Å². The van der Waals surface area contributed by atoms with Gasteiger partial charge in [0.2, 0.25) is 0 Å². The van der Waals surface area contributed by atoms with Crippen molar-refractivity contribution in [2.45, 2.75) is 26.3 Å². The molecule has 0 aromatic carbocycles. The number of nitrogens with two attached hydrogens (primary N) is 1. The molecule has 1 aliphatic rings. The lowest BCUT2D eigenvalue weighted by atomic mass is 9.87. The first kappa shape index (κ1) is 11.3. The maximum Gasteiger partial charge on any atom is 0.191 e. The zero-order valence-electron chi connectivity index (χ0n) is 9.58. The van der Waals surface area contributed by atoms with Crippen LogP contribution >= 0.6 is 0 Å². The Kier molecular flexibility index (Phi) is 3.37. The summed E-state index contributed by atoms with van der Waals surface area (Å²) in [5, 5.41) is 0. The van der Waals surface area contributed by atoms with E-state index in [0.717, 1.165) is 13.1 Å². The summed E-state index contributed by atoms with van der Waals surface area (Å²) in [5.41, 5.74) is 5.91. The highest BCUT2D eigenvalue weighted by atomic mass is 16.5. The predicted molar refractivity (Wildman–Crippen MR) is 58.3 cm³/mol. The fourth-order valence-electron chi connectivity index (χ4n) is 1.72. The van der Waals surface area contributed by atoms with E-state index in [2.05, 4.69) is 30.7 Å². The number of aliphatic imine (C=N–C) groups is 1. The van der Waals surface area contributed by atoms with Gasteiger partial charge < -0.3 is 15.4 Å². The molecule has 0 bridgehead atoms. The Bertz CT molecular complexity index is 227. The molecule has 1 rings (SSSR count). The molecule has 0 amide bonds. The average molecular weight is 199 g/mol. The Morgan fingerprint density at radius 2 is 2.29 bits per heavy atom. The van der Waals surface area contributed by atoms with E-state index >= 15 is 0 Å². The largest absolute Gasteiger partial charge is 0.383 e. The summed E-state index contributed by atoms with van der Waals surface area (Å²) < 4.78 is 5.07. The molecular formula is C10H21N3O. The third-order valence-corrected chi connectivity index (χ3v) is 3.22. The van der Waals surface area contributed by atoms with Crippen molar-refractivity contribution in [3.63, 3.8) is 0 Å². The first-order chi connectivity index (χ1) is 6.52. The van der Waals surface area contributed by atoms with E-state index < -0.39 is 0 Å². The second-order valence-corrected chi connectivity index (χ2v) is 4.33. The zero-order valence-corrected chi connectivity index (χ0v) is 9.58. The average Bonchev–Trinajstić information content (AvgIpc) is 2.42. The lowest BCUT2D eigenvalue weighted by Gasteiger charge is -2.39. The van der Waals surface area contributed by atoms with Crippen molar-refractivity contribution < 1.29 is 4.74 Å². The minimum Gasteiger partial charge on any atom is -0.383 e. The van der Waals surface area contributed by atoms with Gasteiger partial charge in [0.05, 0.1) is 18.7 Å². The Balaban J connectivity index is 2.70. The molecule has 1 atom stereocenters. The number of rotatable bonds is 4. The minimum absolute atomic E-state index is 0.0581. The van der Waals surface area contributed by atoms with Crippen LogP contribution in [0.25, 0.3) is 0 Å². The maximum atomic E-state index is 5.85. The van der Waals surface area contributed by atoms with Crippen LogP contribution in [0.15, 0.2) is 4.99 Å². The molecule has 0 radical (unpaired) electrons. The number of guanidine groups is 1. The van der Waals surface area contributed by atoms with Gasteiger partial charge in [0, 0.05) is 13.7 Å². The van der Waals surface area contributed by atoms with Crippen LogP contribution in [0.1, 0.15) is 20.8 Å². The second kappa shape index (κ2) is 4.17. The SMILES string of the molecule is COCCN1C(N)=NCC1(C)C(C)C. The van der Waals surface area contributed by atoms with Gasteiger partial charge in [-0.2, -0.15) is 0 Å². The molecule has 1 unspecified atom stereocenters. The molecule has 0 aromatic rings. The molecule has 82 valence electrons. The Hall–Kier alpha value is -0.770. The molecule has 0 aliphatic carbocycles. The molecule has 0 saturated carbocycles. The summed E-state index contributed by atoms with van der Waals surface area (Å²) in [5.74, 6) is 1.18. The van der Waals surface area contributed by atoms with Gasteiger partial charge >= 0.3 is 0 Å². The van der Waals surface area contributed by atoms with Gasteiger partial charge in [-0.15, -0.1) is 0 Å². The normalized spacial score (nSPS) is 27.2. The highest BCUT2D eigenvalue weighted by Gasteiger charge is 2.40. The smallest absolute Gasteiger partial charge is 0.191 e. The molecule has 14 heavy (non-hydrogen) atoms. The van der Waals surface area contributed by atoms with Gasteiger partial charge in [0.15, 0.2) is 5.96 Å². The van der Waals surface area contributed by atoms with Crippen LogP contribution in [0.3, 0.4) is 0 Å². The second-order valence-electron chi connectivity index (χ2n) is 4.33. The number of methoxy groups -OCH3 is 1. The minimum atomic E-state index is 0.0581. The number of hydrogen-bond donors (Lipinski definition) is 1. The predicted octanol–water partition coefficient (Wildman–Crippen LogP) is 0.678. The Morgan fingerprint density at radius 3 is 2.79 bits per heavy atom. The first-order valence-corrected chi connectivity index (χ1v) is 5.09. The summed E-state index contributed by atoms with van der Waals surface area (Å²) in [6.07, 6.45) is 0. The molecular weight excluding hydrogens is 178 g/mol. The standard InChI is InChI=1S/C10H21N3O/c1-8(2)10(3)7-12-9(11)13(10)5-6-14-4/h8H,5-7H2,1-4H3,(H2,11,12). The summed E-state index contributed by atoms with van der Waals surface area (Å²) in [6.45, 7) is 8.91. The van der Waals surface area contributed by atoms with Crippen molar-refractivity contribution in [3.8, 4) is 0 Å². The summed E-state index contributed by atoms with van der Waals surface area (Å²) >= 11 is 0. The molecule has 1 aliphatic heterocycles. The van der Waals surface area contributed by atoms with Crippen LogP contribution < -0.4 is 5.73 Å². The topological polar surface area (TPSA) is 50.9 Å². The van der Waals surface area contributed by atoms with Crippen molar-refractivity contribution in [2.24, 2.45) is 16.6 Å². The molecule has 2 N–H and O–H groups in total. The quantitative estimate of drug-likeness (QED) is 0.724. The van der Waals surface area contributed by atoms with Crippen LogP contribution in [-0.4, -0.2) is 43.2 Å². The van der Waals surface area contributed by atoms with Crippen LogP contribution in [0, 0.1) is 5.92 Å². The molecule has 0 spiro atoms. The summed E-state index contributed by atoms with van der Waals surface area (Å²) in [6, 6.07) is 0. The third kappa shape index (κ3) is 1.85. The number of nitrogens with zero attached hydrogens (tertiary/aromatic N) is 2. The van der Waals surface area contributed by atoms with Crippen LogP contribution in [0.2, 0.25) is 0 Å². The maximum absolute atomic E-state index is 5.85. The van der Waals surface area contributed by atoms with Crippen molar-refractivity contribution in [1.29, 1.82) is 0 Å². The fraction of sp³-hybridized carbons (Fsp3) is 0.900. The fourth-order valence-corrected chi connectivity index (χ4v) is 1.72. The van der Waals surface area contributed by atoms with Gasteiger partial charge in [-0.1, -0.05) is 13.8 Å². The van der Waals surface area contributed by atoms with Crippen molar-refractivity contribution in [3.05, 3.63) is 0 Å². The number of hydrogen-bond acceptors (Lipinski definition) is 4. The Labute approximate surface area is 86.1 Å². The molecule has 0 saturated heterocycles. The molecule has 0 fully saturated rings. The Morgan fingerprint density at radius 1 is 1.64 bits per heavy atom. The van der Waals surface area contributed by atoms with Gasteiger partial charge in [-0.05, 0) is 12.8 Å². The van der Waals surface area contributed by atoms with Gasteiger partial charge in [0.25, 0.3) is 0 Å². The van der Waals surface area contributed by atoms with E-state index in [1.165, 1.54) is 0 Å². The molecule has 1 heterocycles. The molecule has 4 nitrogen and oxygen atoms in total.